The highest BCUT2D eigenvalue weighted by Gasteiger charge is 2.10. The molecule has 2 N–H and O–H groups in total. The first-order chi connectivity index (χ1) is 9.70. The summed E-state index contributed by atoms with van der Waals surface area (Å²) in [5.41, 5.74) is 0.796. The van der Waals surface area contributed by atoms with Gasteiger partial charge in [-0.3, -0.25) is 4.79 Å². The minimum atomic E-state index is -0.345. The number of carbonyl (C=O) groups excluding carboxylic acids is 1. The molecule has 1 aromatic carbocycles. The summed E-state index contributed by atoms with van der Waals surface area (Å²) in [6.07, 6.45) is 3.03. The van der Waals surface area contributed by atoms with E-state index in [1.54, 1.807) is 36.4 Å². The van der Waals surface area contributed by atoms with E-state index in [1.807, 2.05) is 0 Å². The highest BCUT2D eigenvalue weighted by Crippen LogP contribution is 2.21. The summed E-state index contributed by atoms with van der Waals surface area (Å²) in [5, 5.41) is 6.16. The second-order valence-corrected chi connectivity index (χ2v) is 4.30. The molecule has 0 fully saturated rings. The number of amides is 1. The molecule has 0 aliphatic heterocycles. The standard InChI is InChI=1S/C14H13ClN4O/c1-2-7-16-13-8-12(17-9-18-13)14(20)19-11-6-4-3-5-10(11)15/h2-6,8-9H,1,7H2,(H,19,20)(H,16,17,18). The maximum Gasteiger partial charge on any atom is 0.274 e. The molecule has 6 heteroatoms. The Hall–Kier alpha value is -2.40. The van der Waals surface area contributed by atoms with Gasteiger partial charge in [0.15, 0.2) is 0 Å². The van der Waals surface area contributed by atoms with E-state index < -0.39 is 0 Å². The summed E-state index contributed by atoms with van der Waals surface area (Å²) >= 11 is 5.98. The van der Waals surface area contributed by atoms with Crippen molar-refractivity contribution < 1.29 is 4.79 Å². The van der Waals surface area contributed by atoms with Gasteiger partial charge in [0.1, 0.15) is 17.8 Å². The average Bonchev–Trinajstić information content (AvgIpc) is 2.48. The van der Waals surface area contributed by atoms with E-state index >= 15 is 0 Å². The summed E-state index contributed by atoms with van der Waals surface area (Å²) < 4.78 is 0. The lowest BCUT2D eigenvalue weighted by molar-refractivity contribution is 0.102. The van der Waals surface area contributed by atoms with Crippen molar-refractivity contribution in [3.63, 3.8) is 0 Å². The van der Waals surface area contributed by atoms with E-state index in [-0.39, 0.29) is 11.6 Å². The Balaban J connectivity index is 2.13. The van der Waals surface area contributed by atoms with Crippen LogP contribution in [0.4, 0.5) is 11.5 Å². The van der Waals surface area contributed by atoms with Crippen molar-refractivity contribution in [1.82, 2.24) is 9.97 Å². The van der Waals surface area contributed by atoms with Crippen molar-refractivity contribution in [2.45, 2.75) is 0 Å². The lowest BCUT2D eigenvalue weighted by Gasteiger charge is -2.07. The van der Waals surface area contributed by atoms with Crippen LogP contribution >= 0.6 is 11.6 Å². The molecule has 0 aliphatic rings. The van der Waals surface area contributed by atoms with Gasteiger partial charge in [0.2, 0.25) is 0 Å². The summed E-state index contributed by atoms with van der Waals surface area (Å²) in [6, 6.07) is 8.57. The van der Waals surface area contributed by atoms with Crippen molar-refractivity contribution in [2.24, 2.45) is 0 Å². The molecule has 0 saturated heterocycles. The summed E-state index contributed by atoms with van der Waals surface area (Å²) in [5.74, 6) is 0.214. The fourth-order valence-electron chi connectivity index (χ4n) is 1.50. The molecule has 0 saturated carbocycles. The van der Waals surface area contributed by atoms with Crippen LogP contribution in [0.3, 0.4) is 0 Å². The second kappa shape index (κ2) is 6.68. The monoisotopic (exact) mass is 288 g/mol. The fraction of sp³-hybridized carbons (Fsp3) is 0.0714. The summed E-state index contributed by atoms with van der Waals surface area (Å²) in [4.78, 5) is 20.0. The zero-order valence-electron chi connectivity index (χ0n) is 10.6. The van der Waals surface area contributed by atoms with Crippen LogP contribution in [0.15, 0.2) is 49.3 Å². The van der Waals surface area contributed by atoms with E-state index in [2.05, 4.69) is 27.2 Å². The van der Waals surface area contributed by atoms with Crippen molar-refractivity contribution >= 4 is 29.0 Å². The van der Waals surface area contributed by atoms with Gasteiger partial charge in [0, 0.05) is 12.6 Å². The minimum absolute atomic E-state index is 0.256. The predicted molar refractivity (Wildman–Crippen MR) is 80.1 cm³/mol. The fourth-order valence-corrected chi connectivity index (χ4v) is 1.69. The van der Waals surface area contributed by atoms with Gasteiger partial charge in [-0.25, -0.2) is 9.97 Å². The number of rotatable bonds is 5. The Labute approximate surface area is 121 Å². The van der Waals surface area contributed by atoms with E-state index in [1.165, 1.54) is 6.33 Å². The third-order valence-corrected chi connectivity index (χ3v) is 2.78. The molecule has 0 atom stereocenters. The summed E-state index contributed by atoms with van der Waals surface area (Å²) in [7, 11) is 0. The van der Waals surface area contributed by atoms with Crippen LogP contribution in [0.5, 0.6) is 0 Å². The number of para-hydroxylation sites is 1. The molecular formula is C14H13ClN4O. The Morgan fingerprint density at radius 3 is 2.90 bits per heavy atom. The maximum atomic E-state index is 12.1. The topological polar surface area (TPSA) is 66.9 Å². The number of nitrogens with one attached hydrogen (secondary N) is 2. The van der Waals surface area contributed by atoms with Crippen LogP contribution in [0.25, 0.3) is 0 Å². The van der Waals surface area contributed by atoms with E-state index in [0.717, 1.165) is 0 Å². The van der Waals surface area contributed by atoms with Gasteiger partial charge < -0.3 is 10.6 Å². The number of halogens is 1. The molecule has 0 bridgehead atoms. The van der Waals surface area contributed by atoms with Crippen molar-refractivity contribution in [3.05, 3.63) is 60.0 Å². The Bertz CT molecular complexity index is 630. The van der Waals surface area contributed by atoms with Gasteiger partial charge in [-0.05, 0) is 12.1 Å². The molecule has 1 heterocycles. The second-order valence-electron chi connectivity index (χ2n) is 3.89. The normalized spacial score (nSPS) is 9.85. The van der Waals surface area contributed by atoms with E-state index in [9.17, 15) is 4.79 Å². The van der Waals surface area contributed by atoms with Crippen LogP contribution in [0.2, 0.25) is 5.02 Å². The van der Waals surface area contributed by atoms with Gasteiger partial charge in [-0.1, -0.05) is 29.8 Å². The number of carbonyl (C=O) groups is 1. The molecule has 2 aromatic rings. The first-order valence-corrected chi connectivity index (χ1v) is 6.31. The number of aromatic nitrogens is 2. The smallest absolute Gasteiger partial charge is 0.274 e. The van der Waals surface area contributed by atoms with Crippen LogP contribution in [0, 0.1) is 0 Å². The third-order valence-electron chi connectivity index (χ3n) is 2.45. The van der Waals surface area contributed by atoms with Crippen molar-refractivity contribution in [1.29, 1.82) is 0 Å². The zero-order chi connectivity index (χ0) is 14.4. The molecule has 5 nitrogen and oxygen atoms in total. The highest BCUT2D eigenvalue weighted by atomic mass is 35.5. The molecule has 0 unspecified atom stereocenters. The number of anilines is 2. The van der Waals surface area contributed by atoms with Gasteiger partial charge in [-0.2, -0.15) is 0 Å². The van der Waals surface area contributed by atoms with Gasteiger partial charge in [0.05, 0.1) is 10.7 Å². The van der Waals surface area contributed by atoms with Gasteiger partial charge in [0.25, 0.3) is 5.91 Å². The number of hydrogen-bond donors (Lipinski definition) is 2. The molecule has 0 spiro atoms. The molecule has 102 valence electrons. The Morgan fingerprint density at radius 2 is 2.15 bits per heavy atom. The van der Waals surface area contributed by atoms with E-state index in [0.29, 0.717) is 23.1 Å². The quantitative estimate of drug-likeness (QED) is 0.830. The third kappa shape index (κ3) is 3.55. The van der Waals surface area contributed by atoms with Crippen molar-refractivity contribution in [3.8, 4) is 0 Å². The molecule has 1 amide bonds. The average molecular weight is 289 g/mol. The van der Waals surface area contributed by atoms with Crippen LogP contribution in [-0.4, -0.2) is 22.4 Å². The van der Waals surface area contributed by atoms with Gasteiger partial charge >= 0.3 is 0 Å². The van der Waals surface area contributed by atoms with E-state index in [4.69, 9.17) is 11.6 Å². The number of hydrogen-bond acceptors (Lipinski definition) is 4. The first-order valence-electron chi connectivity index (χ1n) is 5.93. The lowest BCUT2D eigenvalue weighted by atomic mass is 10.3. The molecule has 20 heavy (non-hydrogen) atoms. The Kier molecular flexibility index (Phi) is 4.68. The predicted octanol–water partition coefficient (Wildman–Crippen LogP) is 2.98. The molecule has 1 aromatic heterocycles. The van der Waals surface area contributed by atoms with Crippen LogP contribution in [0.1, 0.15) is 10.5 Å². The zero-order valence-corrected chi connectivity index (χ0v) is 11.4. The molecule has 0 radical (unpaired) electrons. The highest BCUT2D eigenvalue weighted by molar-refractivity contribution is 6.33. The summed E-state index contributed by atoms with van der Waals surface area (Å²) in [6.45, 7) is 4.16. The number of nitrogens with zero attached hydrogens (tertiary/aromatic N) is 2. The first kappa shape index (κ1) is 14.0. The molecular weight excluding hydrogens is 276 g/mol. The molecule has 2 rings (SSSR count). The largest absolute Gasteiger partial charge is 0.366 e. The SMILES string of the molecule is C=CCNc1cc(C(=O)Nc2ccccc2Cl)ncn1. The molecule has 0 aliphatic carbocycles. The maximum absolute atomic E-state index is 12.1. The Morgan fingerprint density at radius 1 is 1.35 bits per heavy atom. The van der Waals surface area contributed by atoms with Crippen LogP contribution < -0.4 is 10.6 Å². The number of benzene rings is 1. The lowest BCUT2D eigenvalue weighted by Crippen LogP contribution is -2.15. The van der Waals surface area contributed by atoms with Gasteiger partial charge in [-0.15, -0.1) is 6.58 Å². The van der Waals surface area contributed by atoms with Crippen molar-refractivity contribution in [2.75, 3.05) is 17.2 Å². The van der Waals surface area contributed by atoms with Crippen LogP contribution in [-0.2, 0) is 0 Å². The minimum Gasteiger partial charge on any atom is -0.366 e.